The van der Waals surface area contributed by atoms with Gasteiger partial charge in [0, 0.05) is 30.1 Å². The minimum absolute atomic E-state index is 0.0391. The maximum Gasteiger partial charge on any atom is 0.226 e. The van der Waals surface area contributed by atoms with Crippen LogP contribution in [0.15, 0.2) is 18.2 Å². The molecule has 0 spiro atoms. The van der Waals surface area contributed by atoms with E-state index in [1.807, 2.05) is 64.1 Å². The largest absolute Gasteiger partial charge is 0.367 e. The van der Waals surface area contributed by atoms with E-state index in [9.17, 15) is 9.59 Å². The molecule has 3 N–H and O–H groups in total. The summed E-state index contributed by atoms with van der Waals surface area (Å²) in [6.07, 6.45) is 1.73. The SMILES string of the molecule is Cc1nnc2c(NCCCCNC(=O)C(C)(C)C)nc3cc(NC(=O)C(C)C)ccc3n12. The van der Waals surface area contributed by atoms with Crippen LogP contribution in [0.1, 0.15) is 53.3 Å². The van der Waals surface area contributed by atoms with Crippen molar-refractivity contribution in [2.45, 2.75) is 54.4 Å². The number of hydrogen-bond acceptors (Lipinski definition) is 6. The third-order valence-electron chi connectivity index (χ3n) is 5.14. The fourth-order valence-corrected chi connectivity index (χ4v) is 3.18. The average Bonchev–Trinajstić information content (AvgIpc) is 3.11. The maximum atomic E-state index is 12.1. The van der Waals surface area contributed by atoms with Crippen LogP contribution in [0.25, 0.3) is 16.7 Å². The molecule has 9 heteroatoms. The van der Waals surface area contributed by atoms with Crippen LogP contribution in [0.2, 0.25) is 0 Å². The van der Waals surface area contributed by atoms with E-state index in [2.05, 4.69) is 26.1 Å². The van der Waals surface area contributed by atoms with Gasteiger partial charge in [-0.3, -0.25) is 14.0 Å². The number of hydrogen-bond donors (Lipinski definition) is 3. The molecular formula is C23H33N7O2. The number of anilines is 2. The second-order valence-corrected chi connectivity index (χ2v) is 9.35. The predicted molar refractivity (Wildman–Crippen MR) is 127 cm³/mol. The molecule has 0 bridgehead atoms. The molecule has 0 aliphatic carbocycles. The number of nitrogens with zero attached hydrogens (tertiary/aromatic N) is 4. The van der Waals surface area contributed by atoms with Crippen LogP contribution in [-0.2, 0) is 9.59 Å². The van der Waals surface area contributed by atoms with Crippen molar-refractivity contribution in [3.8, 4) is 0 Å². The minimum atomic E-state index is -0.377. The minimum Gasteiger partial charge on any atom is -0.367 e. The van der Waals surface area contributed by atoms with E-state index in [1.165, 1.54) is 0 Å². The van der Waals surface area contributed by atoms with Crippen LogP contribution in [0.4, 0.5) is 11.5 Å². The van der Waals surface area contributed by atoms with Crippen LogP contribution in [0.3, 0.4) is 0 Å². The van der Waals surface area contributed by atoms with Gasteiger partial charge in [0.15, 0.2) is 5.82 Å². The molecule has 0 saturated heterocycles. The number of unbranched alkanes of at least 4 members (excludes halogenated alkanes) is 1. The first-order valence-electron chi connectivity index (χ1n) is 11.1. The molecule has 9 nitrogen and oxygen atoms in total. The topological polar surface area (TPSA) is 113 Å². The molecule has 1 aromatic carbocycles. The van der Waals surface area contributed by atoms with Crippen LogP contribution in [0.5, 0.6) is 0 Å². The second kappa shape index (κ2) is 9.50. The zero-order chi connectivity index (χ0) is 23.5. The van der Waals surface area contributed by atoms with Crippen LogP contribution < -0.4 is 16.0 Å². The summed E-state index contributed by atoms with van der Waals surface area (Å²) in [7, 11) is 0. The molecule has 0 atom stereocenters. The summed E-state index contributed by atoms with van der Waals surface area (Å²) in [6, 6.07) is 5.65. The number of aryl methyl sites for hydroxylation is 1. The lowest BCUT2D eigenvalue weighted by Crippen LogP contribution is -2.35. The average molecular weight is 440 g/mol. The summed E-state index contributed by atoms with van der Waals surface area (Å²) in [5.74, 6) is 1.32. The Morgan fingerprint density at radius 3 is 2.50 bits per heavy atom. The van der Waals surface area contributed by atoms with Crippen molar-refractivity contribution in [3.05, 3.63) is 24.0 Å². The highest BCUT2D eigenvalue weighted by Crippen LogP contribution is 2.24. The highest BCUT2D eigenvalue weighted by molar-refractivity contribution is 5.94. The fourth-order valence-electron chi connectivity index (χ4n) is 3.18. The molecule has 3 aromatic rings. The smallest absolute Gasteiger partial charge is 0.226 e. The van der Waals surface area contributed by atoms with Gasteiger partial charge in [0.2, 0.25) is 17.5 Å². The summed E-state index contributed by atoms with van der Waals surface area (Å²) in [4.78, 5) is 28.8. The number of rotatable bonds is 8. The van der Waals surface area contributed by atoms with E-state index in [-0.39, 0.29) is 23.1 Å². The number of benzene rings is 1. The third-order valence-corrected chi connectivity index (χ3v) is 5.14. The molecule has 0 fully saturated rings. The zero-order valence-electron chi connectivity index (χ0n) is 19.7. The number of carbonyl (C=O) groups is 2. The van der Waals surface area contributed by atoms with Gasteiger partial charge in [-0.2, -0.15) is 0 Å². The molecule has 0 unspecified atom stereocenters. The lowest BCUT2D eigenvalue weighted by Gasteiger charge is -2.17. The molecule has 0 aliphatic rings. The van der Waals surface area contributed by atoms with E-state index in [0.717, 1.165) is 29.7 Å². The van der Waals surface area contributed by atoms with E-state index in [0.29, 0.717) is 30.2 Å². The van der Waals surface area contributed by atoms with Gasteiger partial charge in [-0.05, 0) is 38.0 Å². The van der Waals surface area contributed by atoms with Crippen molar-refractivity contribution in [1.29, 1.82) is 0 Å². The molecule has 0 radical (unpaired) electrons. The third kappa shape index (κ3) is 5.33. The van der Waals surface area contributed by atoms with E-state index in [4.69, 9.17) is 4.98 Å². The summed E-state index contributed by atoms with van der Waals surface area (Å²) >= 11 is 0. The summed E-state index contributed by atoms with van der Waals surface area (Å²) in [6.45, 7) is 12.7. The van der Waals surface area contributed by atoms with Gasteiger partial charge in [0.05, 0.1) is 11.0 Å². The first kappa shape index (κ1) is 23.4. The van der Waals surface area contributed by atoms with Gasteiger partial charge in [-0.25, -0.2) is 4.98 Å². The van der Waals surface area contributed by atoms with Gasteiger partial charge in [-0.1, -0.05) is 34.6 Å². The lowest BCUT2D eigenvalue weighted by molar-refractivity contribution is -0.128. The van der Waals surface area contributed by atoms with E-state index < -0.39 is 0 Å². The Balaban J connectivity index is 1.73. The van der Waals surface area contributed by atoms with Crippen molar-refractivity contribution in [3.63, 3.8) is 0 Å². The Labute approximate surface area is 188 Å². The molecule has 2 aromatic heterocycles. The standard InChI is InChI=1S/C23H33N7O2/c1-14(2)21(31)26-16-9-10-18-17(13-16)27-19(20-29-28-15(3)30(18)20)24-11-7-8-12-25-22(32)23(4,5)6/h9-10,13-14H,7-8,11-12H2,1-6H3,(H,24,27)(H,25,32)(H,26,31). The Hall–Kier alpha value is -3.23. The first-order chi connectivity index (χ1) is 15.1. The van der Waals surface area contributed by atoms with E-state index >= 15 is 0 Å². The molecule has 32 heavy (non-hydrogen) atoms. The maximum absolute atomic E-state index is 12.1. The molecule has 3 rings (SSSR count). The molecule has 2 amide bonds. The van der Waals surface area contributed by atoms with Gasteiger partial charge >= 0.3 is 0 Å². The van der Waals surface area contributed by atoms with Crippen molar-refractivity contribution in [1.82, 2.24) is 24.9 Å². The summed E-state index contributed by atoms with van der Waals surface area (Å²) in [5, 5.41) is 17.7. The van der Waals surface area contributed by atoms with Gasteiger partial charge < -0.3 is 16.0 Å². The number of amides is 2. The fraction of sp³-hybridized carbons (Fsp3) is 0.522. The molecular weight excluding hydrogens is 406 g/mol. The van der Waals surface area contributed by atoms with Gasteiger partial charge in [0.25, 0.3) is 0 Å². The predicted octanol–water partition coefficient (Wildman–Crippen LogP) is 3.53. The monoisotopic (exact) mass is 439 g/mol. The first-order valence-corrected chi connectivity index (χ1v) is 11.1. The number of fused-ring (bicyclic) bond motifs is 3. The number of aromatic nitrogens is 4. The van der Waals surface area contributed by atoms with Gasteiger partial charge in [-0.15, -0.1) is 10.2 Å². The van der Waals surface area contributed by atoms with Crippen molar-refractivity contribution < 1.29 is 9.59 Å². The van der Waals surface area contributed by atoms with E-state index in [1.54, 1.807) is 0 Å². The van der Waals surface area contributed by atoms with Crippen LogP contribution >= 0.6 is 0 Å². The van der Waals surface area contributed by atoms with Crippen LogP contribution in [0, 0.1) is 18.3 Å². The molecule has 2 heterocycles. The number of carbonyl (C=O) groups excluding carboxylic acids is 2. The quantitative estimate of drug-likeness (QED) is 0.463. The van der Waals surface area contributed by atoms with Crippen molar-refractivity contribution >= 4 is 40.0 Å². The van der Waals surface area contributed by atoms with Crippen molar-refractivity contribution in [2.75, 3.05) is 23.7 Å². The Morgan fingerprint density at radius 2 is 1.81 bits per heavy atom. The van der Waals surface area contributed by atoms with Crippen molar-refractivity contribution in [2.24, 2.45) is 11.3 Å². The summed E-state index contributed by atoms with van der Waals surface area (Å²) in [5.41, 5.74) is 2.60. The molecule has 0 aliphatic heterocycles. The Bertz CT molecular complexity index is 1130. The Morgan fingerprint density at radius 1 is 1.09 bits per heavy atom. The Kier molecular flexibility index (Phi) is 6.96. The lowest BCUT2D eigenvalue weighted by atomic mass is 9.96. The van der Waals surface area contributed by atoms with Gasteiger partial charge in [0.1, 0.15) is 5.82 Å². The highest BCUT2D eigenvalue weighted by Gasteiger charge is 2.20. The zero-order valence-corrected chi connectivity index (χ0v) is 19.7. The number of nitrogens with one attached hydrogen (secondary N) is 3. The highest BCUT2D eigenvalue weighted by atomic mass is 16.2. The van der Waals surface area contributed by atoms with Crippen LogP contribution in [-0.4, -0.2) is 44.5 Å². The second-order valence-electron chi connectivity index (χ2n) is 9.35. The normalized spacial score (nSPS) is 11.8. The summed E-state index contributed by atoms with van der Waals surface area (Å²) < 4.78 is 1.96. The molecule has 0 saturated carbocycles. The molecule has 172 valence electrons.